The maximum atomic E-state index is 13.4. The molecule has 0 bridgehead atoms. The summed E-state index contributed by atoms with van der Waals surface area (Å²) in [7, 11) is 0. The number of hydrogen-bond donors (Lipinski definition) is 3. The summed E-state index contributed by atoms with van der Waals surface area (Å²) in [5, 5.41) is 15.2. The molecule has 0 saturated heterocycles. The van der Waals surface area contributed by atoms with Crippen molar-refractivity contribution in [3.05, 3.63) is 30.1 Å². The van der Waals surface area contributed by atoms with E-state index in [-0.39, 0.29) is 30.3 Å². The molecule has 20 heavy (non-hydrogen) atoms. The summed E-state index contributed by atoms with van der Waals surface area (Å²) in [5.74, 6) is -0.746. The van der Waals surface area contributed by atoms with Crippen LogP contribution < -0.4 is 10.6 Å². The Morgan fingerprint density at radius 2 is 1.95 bits per heavy atom. The summed E-state index contributed by atoms with van der Waals surface area (Å²) in [6, 6.07) is 6.07. The minimum absolute atomic E-state index is 0.0278. The Bertz CT molecular complexity index is 459. The zero-order chi connectivity index (χ0) is 14.4. The first-order valence-electron chi connectivity index (χ1n) is 7.05. The third-order valence-corrected chi connectivity index (χ3v) is 3.89. The van der Waals surface area contributed by atoms with Gasteiger partial charge in [-0.2, -0.15) is 0 Å². The predicted octanol–water partition coefficient (Wildman–Crippen LogP) is 2.05. The van der Waals surface area contributed by atoms with Gasteiger partial charge in [-0.05, 0) is 25.0 Å². The molecule has 1 aromatic rings. The third-order valence-electron chi connectivity index (χ3n) is 3.89. The van der Waals surface area contributed by atoms with Crippen molar-refractivity contribution < 1.29 is 14.3 Å². The number of carbonyl (C=O) groups excluding carboxylic acids is 1. The Hall–Kier alpha value is -1.46. The Balaban J connectivity index is 1.87. The van der Waals surface area contributed by atoms with E-state index >= 15 is 0 Å². The summed E-state index contributed by atoms with van der Waals surface area (Å²) in [6.45, 7) is 0.106. The molecule has 0 radical (unpaired) electrons. The zero-order valence-corrected chi connectivity index (χ0v) is 11.5. The van der Waals surface area contributed by atoms with E-state index in [0.29, 0.717) is 0 Å². The van der Waals surface area contributed by atoms with Gasteiger partial charge in [-0.25, -0.2) is 4.39 Å². The lowest BCUT2D eigenvalue weighted by molar-refractivity contribution is -0.116. The van der Waals surface area contributed by atoms with Crippen LogP contribution >= 0.6 is 0 Å². The van der Waals surface area contributed by atoms with Crippen LogP contribution in [-0.2, 0) is 4.79 Å². The molecule has 2 rings (SSSR count). The molecule has 1 amide bonds. The fraction of sp³-hybridized carbons (Fsp3) is 0.533. The average molecular weight is 280 g/mol. The summed E-state index contributed by atoms with van der Waals surface area (Å²) in [5.41, 5.74) is -0.175. The van der Waals surface area contributed by atoms with Gasteiger partial charge in [-0.3, -0.25) is 4.79 Å². The lowest BCUT2D eigenvalue weighted by Gasteiger charge is -2.36. The van der Waals surface area contributed by atoms with E-state index in [1.54, 1.807) is 12.1 Å². The molecule has 1 aliphatic carbocycles. The van der Waals surface area contributed by atoms with Crippen molar-refractivity contribution in [1.82, 2.24) is 5.32 Å². The third kappa shape index (κ3) is 3.77. The molecule has 0 spiro atoms. The molecular formula is C15H21FN2O2. The molecule has 1 aliphatic rings. The van der Waals surface area contributed by atoms with Crippen molar-refractivity contribution in [3.8, 4) is 0 Å². The number of rotatable bonds is 5. The molecule has 4 nitrogen and oxygen atoms in total. The van der Waals surface area contributed by atoms with Crippen LogP contribution in [0.25, 0.3) is 0 Å². The van der Waals surface area contributed by atoms with Crippen LogP contribution in [0, 0.1) is 5.82 Å². The number of nitrogens with one attached hydrogen (secondary N) is 2. The van der Waals surface area contributed by atoms with E-state index in [4.69, 9.17) is 0 Å². The topological polar surface area (TPSA) is 61.4 Å². The van der Waals surface area contributed by atoms with Gasteiger partial charge in [0.15, 0.2) is 0 Å². The quantitative estimate of drug-likeness (QED) is 0.773. The first kappa shape index (κ1) is 14.9. The van der Waals surface area contributed by atoms with Gasteiger partial charge in [0.05, 0.1) is 18.8 Å². The van der Waals surface area contributed by atoms with Gasteiger partial charge in [0.25, 0.3) is 0 Å². The fourth-order valence-corrected chi connectivity index (χ4v) is 2.64. The second-order valence-corrected chi connectivity index (χ2v) is 5.38. The SMILES string of the molecule is O=C(CNC1(CO)CCCCC1)Nc1ccccc1F. The van der Waals surface area contributed by atoms with E-state index in [9.17, 15) is 14.3 Å². The number of aliphatic hydroxyl groups is 1. The lowest BCUT2D eigenvalue weighted by Crippen LogP contribution is -2.52. The van der Waals surface area contributed by atoms with Gasteiger partial charge in [-0.1, -0.05) is 31.4 Å². The molecule has 1 aromatic carbocycles. The maximum absolute atomic E-state index is 13.4. The molecule has 3 N–H and O–H groups in total. The van der Waals surface area contributed by atoms with Crippen molar-refractivity contribution in [1.29, 1.82) is 0 Å². The van der Waals surface area contributed by atoms with E-state index < -0.39 is 5.82 Å². The summed E-state index contributed by atoms with van der Waals surface area (Å²) in [6.07, 6.45) is 5.03. The molecule has 0 heterocycles. The molecule has 0 atom stereocenters. The van der Waals surface area contributed by atoms with Crippen LogP contribution in [0.2, 0.25) is 0 Å². The molecule has 1 saturated carbocycles. The highest BCUT2D eigenvalue weighted by Crippen LogP contribution is 2.27. The van der Waals surface area contributed by atoms with E-state index in [1.165, 1.54) is 18.6 Å². The van der Waals surface area contributed by atoms with Gasteiger partial charge in [0.1, 0.15) is 5.82 Å². The monoisotopic (exact) mass is 280 g/mol. The number of benzene rings is 1. The lowest BCUT2D eigenvalue weighted by atomic mass is 9.82. The van der Waals surface area contributed by atoms with Crippen molar-refractivity contribution >= 4 is 11.6 Å². The first-order chi connectivity index (χ1) is 9.65. The Kier molecular flexibility index (Phi) is 5.09. The maximum Gasteiger partial charge on any atom is 0.238 e. The Morgan fingerprint density at radius 1 is 1.25 bits per heavy atom. The first-order valence-corrected chi connectivity index (χ1v) is 7.05. The van der Waals surface area contributed by atoms with E-state index in [0.717, 1.165) is 25.7 Å². The standard InChI is InChI=1S/C15H21FN2O2/c16-12-6-2-3-7-13(12)18-14(20)10-17-15(11-19)8-4-1-5-9-15/h2-3,6-7,17,19H,1,4-5,8-11H2,(H,18,20). The number of hydrogen-bond acceptors (Lipinski definition) is 3. The highest BCUT2D eigenvalue weighted by molar-refractivity contribution is 5.92. The number of anilines is 1. The van der Waals surface area contributed by atoms with E-state index in [2.05, 4.69) is 10.6 Å². The number of halogens is 1. The minimum atomic E-state index is -0.449. The predicted molar refractivity (Wildman–Crippen MR) is 75.9 cm³/mol. The molecule has 0 aliphatic heterocycles. The number of amides is 1. The Morgan fingerprint density at radius 3 is 2.60 bits per heavy atom. The average Bonchev–Trinajstić information content (AvgIpc) is 2.49. The minimum Gasteiger partial charge on any atom is -0.394 e. The molecule has 0 unspecified atom stereocenters. The van der Waals surface area contributed by atoms with Crippen LogP contribution in [0.4, 0.5) is 10.1 Å². The number of aliphatic hydroxyl groups excluding tert-OH is 1. The Labute approximate surface area is 118 Å². The van der Waals surface area contributed by atoms with Gasteiger partial charge >= 0.3 is 0 Å². The van der Waals surface area contributed by atoms with Crippen LogP contribution in [0.3, 0.4) is 0 Å². The molecule has 110 valence electrons. The van der Waals surface area contributed by atoms with Gasteiger partial charge < -0.3 is 15.7 Å². The summed E-state index contributed by atoms with van der Waals surface area (Å²) >= 11 is 0. The molecule has 5 heteroatoms. The summed E-state index contributed by atoms with van der Waals surface area (Å²) < 4.78 is 13.4. The molecule has 0 aromatic heterocycles. The highest BCUT2D eigenvalue weighted by atomic mass is 19.1. The van der Waals surface area contributed by atoms with Crippen molar-refractivity contribution in [3.63, 3.8) is 0 Å². The van der Waals surface area contributed by atoms with Gasteiger partial charge in [0, 0.05) is 5.54 Å². The summed E-state index contributed by atoms with van der Waals surface area (Å²) in [4.78, 5) is 11.8. The van der Waals surface area contributed by atoms with Crippen molar-refractivity contribution in [2.45, 2.75) is 37.6 Å². The normalized spacial score (nSPS) is 17.7. The molecule has 1 fully saturated rings. The van der Waals surface area contributed by atoms with Crippen LogP contribution in [-0.4, -0.2) is 29.7 Å². The van der Waals surface area contributed by atoms with Gasteiger partial charge in [-0.15, -0.1) is 0 Å². The fourth-order valence-electron chi connectivity index (χ4n) is 2.64. The zero-order valence-electron chi connectivity index (χ0n) is 11.5. The van der Waals surface area contributed by atoms with Crippen molar-refractivity contribution in [2.75, 3.05) is 18.5 Å². The highest BCUT2D eigenvalue weighted by Gasteiger charge is 2.31. The molecular weight excluding hydrogens is 259 g/mol. The van der Waals surface area contributed by atoms with Crippen LogP contribution in [0.5, 0.6) is 0 Å². The van der Waals surface area contributed by atoms with Crippen LogP contribution in [0.15, 0.2) is 24.3 Å². The second-order valence-electron chi connectivity index (χ2n) is 5.38. The smallest absolute Gasteiger partial charge is 0.238 e. The number of para-hydroxylation sites is 1. The van der Waals surface area contributed by atoms with Gasteiger partial charge in [0.2, 0.25) is 5.91 Å². The second kappa shape index (κ2) is 6.81. The van der Waals surface area contributed by atoms with Crippen molar-refractivity contribution in [2.24, 2.45) is 0 Å². The largest absolute Gasteiger partial charge is 0.394 e. The van der Waals surface area contributed by atoms with Crippen LogP contribution in [0.1, 0.15) is 32.1 Å². The van der Waals surface area contributed by atoms with E-state index in [1.807, 2.05) is 0 Å². The number of carbonyl (C=O) groups is 1.